The summed E-state index contributed by atoms with van der Waals surface area (Å²) < 4.78 is 27.0. The fraction of sp³-hybridized carbons (Fsp3) is 0.286. The van der Waals surface area contributed by atoms with Crippen molar-refractivity contribution in [3.05, 3.63) is 41.7 Å². The summed E-state index contributed by atoms with van der Waals surface area (Å²) in [4.78, 5) is 8.41. The number of aromatic nitrogens is 2. The van der Waals surface area contributed by atoms with Gasteiger partial charge in [0.15, 0.2) is 0 Å². The number of benzene rings is 1. The normalized spacial score (nSPS) is 11.6. The van der Waals surface area contributed by atoms with Gasteiger partial charge in [-0.25, -0.2) is 18.7 Å². The number of nitrogens with two attached hydrogens (primary N) is 1. The molecule has 0 bridgehead atoms. The molecule has 0 fully saturated rings. The van der Waals surface area contributed by atoms with E-state index < -0.39 is 11.6 Å². The van der Waals surface area contributed by atoms with Gasteiger partial charge in [-0.2, -0.15) is 0 Å². The topological polar surface area (TPSA) is 51.8 Å². The van der Waals surface area contributed by atoms with Gasteiger partial charge >= 0.3 is 0 Å². The first-order valence-electron chi connectivity index (χ1n) is 5.88. The van der Waals surface area contributed by atoms with Crippen LogP contribution in [0.15, 0.2) is 24.3 Å². The Morgan fingerprint density at radius 2 is 1.74 bits per heavy atom. The van der Waals surface area contributed by atoms with Crippen molar-refractivity contribution < 1.29 is 8.78 Å². The zero-order valence-corrected chi connectivity index (χ0v) is 11.0. The number of hydrogen-bond acceptors (Lipinski definition) is 3. The monoisotopic (exact) mass is 263 g/mol. The lowest BCUT2D eigenvalue weighted by molar-refractivity contribution is 0.546. The minimum absolute atomic E-state index is 0.0830. The van der Waals surface area contributed by atoms with Crippen molar-refractivity contribution in [2.75, 3.05) is 5.73 Å². The Balaban J connectivity index is 2.63. The zero-order valence-electron chi connectivity index (χ0n) is 11.0. The van der Waals surface area contributed by atoms with Crippen molar-refractivity contribution in [1.82, 2.24) is 9.97 Å². The van der Waals surface area contributed by atoms with E-state index >= 15 is 0 Å². The van der Waals surface area contributed by atoms with Crippen LogP contribution in [-0.4, -0.2) is 9.97 Å². The van der Waals surface area contributed by atoms with E-state index in [2.05, 4.69) is 9.97 Å². The Labute approximate surface area is 110 Å². The molecule has 0 saturated heterocycles. The van der Waals surface area contributed by atoms with E-state index in [0.717, 1.165) is 18.2 Å². The van der Waals surface area contributed by atoms with Crippen LogP contribution < -0.4 is 5.73 Å². The predicted octanol–water partition coefficient (Wildman–Crippen LogP) is 3.30. The zero-order chi connectivity index (χ0) is 14.2. The molecule has 0 atom stereocenters. The first-order valence-corrected chi connectivity index (χ1v) is 5.88. The second-order valence-electron chi connectivity index (χ2n) is 5.38. The molecule has 1 aromatic carbocycles. The van der Waals surface area contributed by atoms with Gasteiger partial charge in [-0.15, -0.1) is 0 Å². The third-order valence-electron chi connectivity index (χ3n) is 2.62. The smallest absolute Gasteiger partial charge is 0.136 e. The molecule has 0 spiro atoms. The van der Waals surface area contributed by atoms with E-state index in [4.69, 9.17) is 5.73 Å². The lowest BCUT2D eigenvalue weighted by Gasteiger charge is -2.18. The van der Waals surface area contributed by atoms with Crippen LogP contribution in [0.1, 0.15) is 26.6 Å². The number of hydrogen-bond donors (Lipinski definition) is 1. The summed E-state index contributed by atoms with van der Waals surface area (Å²) in [6.45, 7) is 5.77. The molecule has 2 N–H and O–H groups in total. The second-order valence-corrected chi connectivity index (χ2v) is 5.38. The number of rotatable bonds is 1. The molecule has 0 amide bonds. The summed E-state index contributed by atoms with van der Waals surface area (Å²) in [6.07, 6.45) is 0. The van der Waals surface area contributed by atoms with Crippen molar-refractivity contribution in [3.8, 4) is 11.3 Å². The molecule has 0 aliphatic heterocycles. The molecule has 19 heavy (non-hydrogen) atoms. The molecule has 2 rings (SSSR count). The Kier molecular flexibility index (Phi) is 3.22. The third-order valence-corrected chi connectivity index (χ3v) is 2.62. The highest BCUT2D eigenvalue weighted by atomic mass is 19.1. The highest BCUT2D eigenvalue weighted by Gasteiger charge is 2.20. The Bertz CT molecular complexity index is 619. The van der Waals surface area contributed by atoms with Gasteiger partial charge in [-0.3, -0.25) is 0 Å². The van der Waals surface area contributed by atoms with Crippen LogP contribution in [-0.2, 0) is 5.41 Å². The summed E-state index contributed by atoms with van der Waals surface area (Å²) >= 11 is 0. The third kappa shape index (κ3) is 2.86. The fourth-order valence-electron chi connectivity index (χ4n) is 1.63. The van der Waals surface area contributed by atoms with Gasteiger partial charge in [0.1, 0.15) is 23.3 Å². The van der Waals surface area contributed by atoms with E-state index in [1.165, 1.54) is 6.07 Å². The second kappa shape index (κ2) is 4.57. The Hall–Kier alpha value is -2.04. The van der Waals surface area contributed by atoms with Gasteiger partial charge < -0.3 is 5.73 Å². The lowest BCUT2D eigenvalue weighted by atomic mass is 9.95. The molecule has 3 nitrogen and oxygen atoms in total. The summed E-state index contributed by atoms with van der Waals surface area (Å²) in [5.41, 5.74) is 5.76. The molecule has 0 radical (unpaired) electrons. The Morgan fingerprint density at radius 3 is 2.37 bits per heavy atom. The highest BCUT2D eigenvalue weighted by molar-refractivity contribution is 5.62. The first kappa shape index (κ1) is 13.4. The van der Waals surface area contributed by atoms with E-state index in [1.54, 1.807) is 0 Å². The van der Waals surface area contributed by atoms with Crippen molar-refractivity contribution in [1.29, 1.82) is 0 Å². The van der Waals surface area contributed by atoms with Gasteiger partial charge in [0.2, 0.25) is 0 Å². The van der Waals surface area contributed by atoms with E-state index in [0.29, 0.717) is 5.82 Å². The standard InChI is InChI=1S/C14H15F2N3/c1-14(2,3)13-18-11(7-12(17)19-13)9-6-8(15)4-5-10(9)16/h4-7H,1-3H3,(H2,17,18,19). The number of halogens is 2. The lowest BCUT2D eigenvalue weighted by Crippen LogP contribution is -2.17. The maximum absolute atomic E-state index is 13.7. The summed E-state index contributed by atoms with van der Waals surface area (Å²) in [7, 11) is 0. The minimum Gasteiger partial charge on any atom is -0.384 e. The van der Waals surface area contributed by atoms with Crippen LogP contribution in [0.25, 0.3) is 11.3 Å². The molecule has 0 unspecified atom stereocenters. The SMILES string of the molecule is CC(C)(C)c1nc(N)cc(-c2cc(F)ccc2F)n1. The van der Waals surface area contributed by atoms with Gasteiger partial charge in [0, 0.05) is 17.0 Å². The quantitative estimate of drug-likeness (QED) is 0.858. The van der Waals surface area contributed by atoms with Crippen LogP contribution in [0.5, 0.6) is 0 Å². The average Bonchev–Trinajstić information content (AvgIpc) is 2.30. The van der Waals surface area contributed by atoms with Crippen LogP contribution >= 0.6 is 0 Å². The molecule has 0 aliphatic carbocycles. The molecule has 0 aliphatic rings. The molecule has 100 valence electrons. The van der Waals surface area contributed by atoms with Crippen LogP contribution in [0.4, 0.5) is 14.6 Å². The number of nitrogen functional groups attached to an aromatic ring is 1. The van der Waals surface area contributed by atoms with Gasteiger partial charge in [0.25, 0.3) is 0 Å². The molecule has 1 aromatic heterocycles. The molecule has 1 heterocycles. The van der Waals surface area contributed by atoms with Gasteiger partial charge in [-0.05, 0) is 18.2 Å². The van der Waals surface area contributed by atoms with Crippen LogP contribution in [0, 0.1) is 11.6 Å². The van der Waals surface area contributed by atoms with E-state index in [1.807, 2.05) is 20.8 Å². The summed E-state index contributed by atoms with van der Waals surface area (Å²) in [5.74, 6) is -0.338. The maximum Gasteiger partial charge on any atom is 0.136 e. The first-order chi connectivity index (χ1) is 8.77. The fourth-order valence-corrected chi connectivity index (χ4v) is 1.63. The minimum atomic E-state index is -0.542. The molecule has 5 heteroatoms. The van der Waals surface area contributed by atoms with Crippen molar-refractivity contribution in [2.24, 2.45) is 0 Å². The van der Waals surface area contributed by atoms with Crippen molar-refractivity contribution in [3.63, 3.8) is 0 Å². The summed E-state index contributed by atoms with van der Waals surface area (Å²) in [6, 6.07) is 4.67. The maximum atomic E-state index is 13.7. The Morgan fingerprint density at radius 1 is 1.05 bits per heavy atom. The van der Waals surface area contributed by atoms with E-state index in [9.17, 15) is 8.78 Å². The molecular weight excluding hydrogens is 248 g/mol. The molecule has 0 saturated carbocycles. The number of anilines is 1. The average molecular weight is 263 g/mol. The highest BCUT2D eigenvalue weighted by Crippen LogP contribution is 2.26. The molecular formula is C14H15F2N3. The summed E-state index contributed by atoms with van der Waals surface area (Å²) in [5, 5.41) is 0. The predicted molar refractivity (Wildman–Crippen MR) is 70.5 cm³/mol. The van der Waals surface area contributed by atoms with Crippen LogP contribution in [0.3, 0.4) is 0 Å². The largest absolute Gasteiger partial charge is 0.384 e. The van der Waals surface area contributed by atoms with Gasteiger partial charge in [0.05, 0.1) is 5.69 Å². The molecule has 2 aromatic rings. The van der Waals surface area contributed by atoms with Crippen molar-refractivity contribution >= 4 is 5.82 Å². The van der Waals surface area contributed by atoms with E-state index in [-0.39, 0.29) is 22.5 Å². The van der Waals surface area contributed by atoms with Crippen LogP contribution in [0.2, 0.25) is 0 Å². The number of nitrogens with zero attached hydrogens (tertiary/aromatic N) is 2. The van der Waals surface area contributed by atoms with Crippen molar-refractivity contribution in [2.45, 2.75) is 26.2 Å². The van der Waals surface area contributed by atoms with Gasteiger partial charge in [-0.1, -0.05) is 20.8 Å².